The van der Waals surface area contributed by atoms with E-state index in [1.807, 2.05) is 12.4 Å². The first-order chi connectivity index (χ1) is 9.85. The van der Waals surface area contributed by atoms with Gasteiger partial charge in [-0.1, -0.05) is 0 Å². The first-order valence-corrected chi connectivity index (χ1v) is 7.42. The second kappa shape index (κ2) is 8.24. The molecule has 1 saturated heterocycles. The Labute approximate surface area is 120 Å². The van der Waals surface area contributed by atoms with Crippen molar-refractivity contribution in [2.45, 2.75) is 31.9 Å². The van der Waals surface area contributed by atoms with E-state index in [9.17, 15) is 0 Å². The Morgan fingerprint density at radius 1 is 1.35 bits per heavy atom. The molecule has 1 aromatic rings. The van der Waals surface area contributed by atoms with Crippen LogP contribution in [0.25, 0.3) is 0 Å². The number of methoxy groups -OCH3 is 1. The van der Waals surface area contributed by atoms with Gasteiger partial charge in [0.05, 0.1) is 12.7 Å². The van der Waals surface area contributed by atoms with Crippen LogP contribution in [-0.4, -0.2) is 55.6 Å². The molecule has 0 spiro atoms. The molecule has 2 rings (SSSR count). The molecule has 1 aliphatic rings. The molecule has 1 aliphatic heterocycles. The molecule has 0 saturated carbocycles. The fraction of sp³-hybridized carbons (Fsp3) is 0.786. The van der Waals surface area contributed by atoms with Gasteiger partial charge in [-0.3, -0.25) is 0 Å². The lowest BCUT2D eigenvalue weighted by Crippen LogP contribution is -2.38. The highest BCUT2D eigenvalue weighted by molar-refractivity contribution is 5.32. The van der Waals surface area contributed by atoms with Crippen LogP contribution < -0.4 is 10.6 Å². The molecule has 2 N–H and O–H groups in total. The van der Waals surface area contributed by atoms with Crippen LogP contribution in [0.5, 0.6) is 0 Å². The highest BCUT2D eigenvalue weighted by Crippen LogP contribution is 2.20. The van der Waals surface area contributed by atoms with Crippen molar-refractivity contribution in [2.24, 2.45) is 5.73 Å². The lowest BCUT2D eigenvalue weighted by molar-refractivity contribution is 0.0363. The minimum Gasteiger partial charge on any atom is -0.383 e. The Balaban J connectivity index is 1.80. The Bertz CT molecular complexity index is 375. The SMILES string of the molecule is COCCn1ccnc1N1CCC(OCCCN)CC1. The summed E-state index contributed by atoms with van der Waals surface area (Å²) in [6.45, 7) is 5.04. The Morgan fingerprint density at radius 3 is 2.85 bits per heavy atom. The maximum Gasteiger partial charge on any atom is 0.205 e. The monoisotopic (exact) mass is 282 g/mol. The van der Waals surface area contributed by atoms with E-state index in [-0.39, 0.29) is 0 Å². The zero-order chi connectivity index (χ0) is 14.2. The van der Waals surface area contributed by atoms with E-state index in [1.165, 1.54) is 0 Å². The summed E-state index contributed by atoms with van der Waals surface area (Å²) in [5.74, 6) is 1.04. The van der Waals surface area contributed by atoms with Gasteiger partial charge in [-0.05, 0) is 25.8 Å². The zero-order valence-electron chi connectivity index (χ0n) is 12.3. The summed E-state index contributed by atoms with van der Waals surface area (Å²) in [5, 5.41) is 0. The molecule has 6 heteroatoms. The van der Waals surface area contributed by atoms with Crippen LogP contribution in [0, 0.1) is 0 Å². The highest BCUT2D eigenvalue weighted by atomic mass is 16.5. The third-order valence-electron chi connectivity index (χ3n) is 3.66. The smallest absolute Gasteiger partial charge is 0.205 e. The third-order valence-corrected chi connectivity index (χ3v) is 3.66. The summed E-state index contributed by atoms with van der Waals surface area (Å²) in [6.07, 6.45) is 7.30. The van der Waals surface area contributed by atoms with Crippen LogP contribution in [-0.2, 0) is 16.0 Å². The standard InChI is InChI=1S/C14H26N4O2/c1-19-12-10-18-9-6-16-14(18)17-7-3-13(4-8-17)20-11-2-5-15/h6,9,13H,2-5,7-8,10-12,15H2,1H3. The molecule has 0 aliphatic carbocycles. The molecule has 6 nitrogen and oxygen atoms in total. The molecule has 114 valence electrons. The highest BCUT2D eigenvalue weighted by Gasteiger charge is 2.22. The zero-order valence-corrected chi connectivity index (χ0v) is 12.3. The number of hydrogen-bond donors (Lipinski definition) is 1. The van der Waals surface area contributed by atoms with Gasteiger partial charge in [0.2, 0.25) is 5.95 Å². The van der Waals surface area contributed by atoms with Gasteiger partial charge in [0.1, 0.15) is 0 Å². The number of ether oxygens (including phenoxy) is 2. The molecule has 2 heterocycles. The predicted molar refractivity (Wildman–Crippen MR) is 79.0 cm³/mol. The lowest BCUT2D eigenvalue weighted by atomic mass is 10.1. The van der Waals surface area contributed by atoms with Gasteiger partial charge >= 0.3 is 0 Å². The average Bonchev–Trinajstić information content (AvgIpc) is 2.94. The summed E-state index contributed by atoms with van der Waals surface area (Å²) in [4.78, 5) is 6.80. The number of nitrogens with zero attached hydrogens (tertiary/aromatic N) is 3. The van der Waals surface area contributed by atoms with Crippen molar-refractivity contribution in [1.82, 2.24) is 9.55 Å². The second-order valence-corrected chi connectivity index (χ2v) is 5.11. The van der Waals surface area contributed by atoms with Gasteiger partial charge < -0.3 is 24.7 Å². The molecule has 0 radical (unpaired) electrons. The maximum atomic E-state index is 5.83. The van der Waals surface area contributed by atoms with E-state index in [1.54, 1.807) is 7.11 Å². The van der Waals surface area contributed by atoms with Gasteiger partial charge in [-0.25, -0.2) is 4.98 Å². The van der Waals surface area contributed by atoms with Gasteiger partial charge in [-0.15, -0.1) is 0 Å². The number of rotatable bonds is 8. The summed E-state index contributed by atoms with van der Waals surface area (Å²) in [5.41, 5.74) is 5.48. The molecule has 0 aromatic carbocycles. The first kappa shape index (κ1) is 15.3. The predicted octanol–water partition coefficient (Wildman–Crippen LogP) is 0.864. The Kier molecular flexibility index (Phi) is 6.29. The van der Waals surface area contributed by atoms with E-state index in [4.69, 9.17) is 15.2 Å². The maximum absolute atomic E-state index is 5.83. The van der Waals surface area contributed by atoms with Crippen LogP contribution in [0.15, 0.2) is 12.4 Å². The fourth-order valence-electron chi connectivity index (χ4n) is 2.50. The molecule has 0 bridgehead atoms. The van der Waals surface area contributed by atoms with E-state index >= 15 is 0 Å². The number of aromatic nitrogens is 2. The molecule has 0 amide bonds. The quantitative estimate of drug-likeness (QED) is 0.717. The average molecular weight is 282 g/mol. The van der Waals surface area contributed by atoms with Gasteiger partial charge in [-0.2, -0.15) is 0 Å². The normalized spacial score (nSPS) is 16.8. The first-order valence-electron chi connectivity index (χ1n) is 7.42. The van der Waals surface area contributed by atoms with Crippen molar-refractivity contribution < 1.29 is 9.47 Å². The van der Waals surface area contributed by atoms with E-state index in [2.05, 4.69) is 14.5 Å². The fourth-order valence-corrected chi connectivity index (χ4v) is 2.50. The number of anilines is 1. The summed E-state index contributed by atoms with van der Waals surface area (Å²) in [7, 11) is 1.72. The van der Waals surface area contributed by atoms with Crippen LogP contribution in [0.4, 0.5) is 5.95 Å². The molecule has 20 heavy (non-hydrogen) atoms. The number of imidazole rings is 1. The van der Waals surface area contributed by atoms with Crippen molar-refractivity contribution in [3.63, 3.8) is 0 Å². The molecule has 1 fully saturated rings. The number of hydrogen-bond acceptors (Lipinski definition) is 5. The van der Waals surface area contributed by atoms with Crippen LogP contribution in [0.1, 0.15) is 19.3 Å². The van der Waals surface area contributed by atoms with Gasteiger partial charge in [0.15, 0.2) is 0 Å². The molecule has 1 aromatic heterocycles. The minimum absolute atomic E-state index is 0.375. The molecule has 0 atom stereocenters. The Morgan fingerprint density at radius 2 is 2.15 bits per heavy atom. The summed E-state index contributed by atoms with van der Waals surface area (Å²) in [6, 6.07) is 0. The van der Waals surface area contributed by atoms with Crippen molar-refractivity contribution in [3.8, 4) is 0 Å². The van der Waals surface area contributed by atoms with E-state index in [0.717, 1.165) is 51.5 Å². The van der Waals surface area contributed by atoms with Gasteiger partial charge in [0, 0.05) is 45.7 Å². The lowest BCUT2D eigenvalue weighted by Gasteiger charge is -2.32. The van der Waals surface area contributed by atoms with Crippen LogP contribution in [0.2, 0.25) is 0 Å². The molecular formula is C14H26N4O2. The molecular weight excluding hydrogens is 256 g/mol. The van der Waals surface area contributed by atoms with E-state index in [0.29, 0.717) is 19.3 Å². The summed E-state index contributed by atoms with van der Waals surface area (Å²) >= 11 is 0. The van der Waals surface area contributed by atoms with Crippen molar-refractivity contribution in [2.75, 3.05) is 44.9 Å². The van der Waals surface area contributed by atoms with Crippen LogP contribution in [0.3, 0.4) is 0 Å². The third kappa shape index (κ3) is 4.19. The van der Waals surface area contributed by atoms with Gasteiger partial charge in [0.25, 0.3) is 0 Å². The number of piperidine rings is 1. The minimum atomic E-state index is 0.375. The van der Waals surface area contributed by atoms with Crippen molar-refractivity contribution in [1.29, 1.82) is 0 Å². The van der Waals surface area contributed by atoms with Crippen molar-refractivity contribution >= 4 is 5.95 Å². The number of nitrogens with two attached hydrogens (primary N) is 1. The van der Waals surface area contributed by atoms with E-state index < -0.39 is 0 Å². The largest absolute Gasteiger partial charge is 0.383 e. The summed E-state index contributed by atoms with van der Waals surface area (Å²) < 4.78 is 13.1. The Hall–Kier alpha value is -1.11. The second-order valence-electron chi connectivity index (χ2n) is 5.11. The van der Waals surface area contributed by atoms with Crippen LogP contribution >= 0.6 is 0 Å². The molecule has 0 unspecified atom stereocenters. The topological polar surface area (TPSA) is 65.5 Å². The van der Waals surface area contributed by atoms with Crippen molar-refractivity contribution in [3.05, 3.63) is 12.4 Å².